The van der Waals surface area contributed by atoms with E-state index >= 15 is 0 Å². The van der Waals surface area contributed by atoms with Crippen LogP contribution in [0.4, 0.5) is 5.82 Å². The van der Waals surface area contributed by atoms with Gasteiger partial charge in [0.1, 0.15) is 12.0 Å². The summed E-state index contributed by atoms with van der Waals surface area (Å²) in [6, 6.07) is 5.79. The van der Waals surface area contributed by atoms with E-state index in [0.29, 0.717) is 0 Å². The molecule has 4 nitrogen and oxygen atoms in total. The number of hydrogen-bond acceptors (Lipinski definition) is 5. The van der Waals surface area contributed by atoms with Crippen molar-refractivity contribution in [2.24, 2.45) is 5.73 Å². The maximum Gasteiger partial charge on any atom is 0.140 e. The summed E-state index contributed by atoms with van der Waals surface area (Å²) in [5.74, 6) is 0.903. The van der Waals surface area contributed by atoms with Crippen LogP contribution in [-0.4, -0.2) is 17.7 Å². The highest BCUT2D eigenvalue weighted by molar-refractivity contribution is 7.99. The maximum absolute atomic E-state index is 5.81. The Morgan fingerprint density at radius 2 is 2.58 bits per heavy atom. The van der Waals surface area contributed by atoms with Crippen LogP contribution in [0.5, 0.6) is 0 Å². The Labute approximate surface area is 75.4 Å². The van der Waals surface area contributed by atoms with E-state index in [-0.39, 0.29) is 6.17 Å². The molecule has 1 fully saturated rings. The third-order valence-corrected chi connectivity index (χ3v) is 2.58. The summed E-state index contributed by atoms with van der Waals surface area (Å²) in [5, 5.41) is 0. The molecule has 0 radical (unpaired) electrons. The Hall–Kier alpha value is -0.780. The lowest BCUT2D eigenvalue weighted by atomic mass is 10.4. The standard InChI is InChI=1S/C7H10N4S/c8-6-5-10-12-11(6)7-3-1-2-4-9-7/h1-4,6,10H,5,8H2. The minimum absolute atomic E-state index is 0.0184. The average molecular weight is 182 g/mol. The molecule has 1 aliphatic heterocycles. The van der Waals surface area contributed by atoms with E-state index in [1.807, 2.05) is 22.5 Å². The van der Waals surface area contributed by atoms with Crippen molar-refractivity contribution in [3.05, 3.63) is 24.4 Å². The van der Waals surface area contributed by atoms with Gasteiger partial charge in [-0.3, -0.25) is 4.31 Å². The molecule has 0 aromatic carbocycles. The van der Waals surface area contributed by atoms with E-state index in [1.54, 1.807) is 6.20 Å². The Bertz CT molecular complexity index is 253. The monoisotopic (exact) mass is 182 g/mol. The van der Waals surface area contributed by atoms with Crippen LogP contribution in [0.15, 0.2) is 24.4 Å². The molecule has 2 rings (SSSR count). The summed E-state index contributed by atoms with van der Waals surface area (Å²) in [6.45, 7) is 0.793. The van der Waals surface area contributed by atoms with E-state index < -0.39 is 0 Å². The molecule has 1 aromatic rings. The zero-order valence-corrected chi connectivity index (χ0v) is 7.29. The van der Waals surface area contributed by atoms with Crippen LogP contribution in [0.2, 0.25) is 0 Å². The van der Waals surface area contributed by atoms with Gasteiger partial charge in [0.2, 0.25) is 0 Å². The molecule has 5 heteroatoms. The quantitative estimate of drug-likeness (QED) is 0.613. The highest BCUT2D eigenvalue weighted by Crippen LogP contribution is 2.22. The fourth-order valence-electron chi connectivity index (χ4n) is 1.04. The second kappa shape index (κ2) is 3.30. The van der Waals surface area contributed by atoms with Crippen molar-refractivity contribution in [1.82, 2.24) is 9.71 Å². The van der Waals surface area contributed by atoms with Crippen molar-refractivity contribution in [2.75, 3.05) is 10.8 Å². The number of nitrogens with zero attached hydrogens (tertiary/aromatic N) is 2. The summed E-state index contributed by atoms with van der Waals surface area (Å²) in [7, 11) is 0. The van der Waals surface area contributed by atoms with E-state index in [4.69, 9.17) is 5.73 Å². The molecule has 1 atom stereocenters. The van der Waals surface area contributed by atoms with Crippen molar-refractivity contribution in [3.8, 4) is 0 Å². The van der Waals surface area contributed by atoms with Gasteiger partial charge in [-0.2, -0.15) is 0 Å². The first-order valence-corrected chi connectivity index (χ1v) is 4.51. The zero-order chi connectivity index (χ0) is 8.39. The van der Waals surface area contributed by atoms with Gasteiger partial charge < -0.3 is 5.73 Å². The van der Waals surface area contributed by atoms with Crippen LogP contribution >= 0.6 is 12.1 Å². The molecular formula is C7H10N4S. The zero-order valence-electron chi connectivity index (χ0n) is 6.47. The van der Waals surface area contributed by atoms with Crippen molar-refractivity contribution < 1.29 is 0 Å². The fraction of sp³-hybridized carbons (Fsp3) is 0.286. The molecule has 0 bridgehead atoms. The van der Waals surface area contributed by atoms with Crippen LogP contribution in [0.25, 0.3) is 0 Å². The molecule has 3 N–H and O–H groups in total. The number of aromatic nitrogens is 1. The lowest BCUT2D eigenvalue weighted by Gasteiger charge is -2.18. The van der Waals surface area contributed by atoms with Gasteiger partial charge in [-0.15, -0.1) is 0 Å². The minimum Gasteiger partial charge on any atom is -0.309 e. The summed E-state index contributed by atoms with van der Waals surface area (Å²) in [6.07, 6.45) is 1.78. The summed E-state index contributed by atoms with van der Waals surface area (Å²) in [4.78, 5) is 4.20. The molecule has 1 unspecified atom stereocenters. The molecule has 12 heavy (non-hydrogen) atoms. The summed E-state index contributed by atoms with van der Waals surface area (Å²) >= 11 is 1.50. The Kier molecular flexibility index (Phi) is 2.16. The molecule has 0 spiro atoms. The Balaban J connectivity index is 2.19. The predicted molar refractivity (Wildman–Crippen MR) is 50.3 cm³/mol. The molecule has 1 aliphatic rings. The van der Waals surface area contributed by atoms with Gasteiger partial charge in [0, 0.05) is 24.9 Å². The molecule has 0 amide bonds. The minimum atomic E-state index is 0.0184. The van der Waals surface area contributed by atoms with Gasteiger partial charge in [-0.25, -0.2) is 9.71 Å². The number of nitrogens with one attached hydrogen (secondary N) is 1. The second-order valence-corrected chi connectivity index (χ2v) is 3.39. The second-order valence-electron chi connectivity index (χ2n) is 2.52. The third-order valence-electron chi connectivity index (χ3n) is 1.63. The highest BCUT2D eigenvalue weighted by atomic mass is 32.2. The van der Waals surface area contributed by atoms with Crippen molar-refractivity contribution in [1.29, 1.82) is 0 Å². The molecule has 1 aromatic heterocycles. The van der Waals surface area contributed by atoms with Crippen LogP contribution in [0.1, 0.15) is 0 Å². The Morgan fingerprint density at radius 3 is 3.17 bits per heavy atom. The highest BCUT2D eigenvalue weighted by Gasteiger charge is 2.22. The largest absolute Gasteiger partial charge is 0.309 e. The smallest absolute Gasteiger partial charge is 0.140 e. The van der Waals surface area contributed by atoms with Gasteiger partial charge >= 0.3 is 0 Å². The molecule has 2 heterocycles. The number of rotatable bonds is 1. The fourth-order valence-corrected chi connectivity index (χ4v) is 1.84. The normalized spacial score (nSPS) is 23.1. The van der Waals surface area contributed by atoms with Gasteiger partial charge in [0.15, 0.2) is 0 Å². The van der Waals surface area contributed by atoms with E-state index in [0.717, 1.165) is 12.4 Å². The molecule has 0 saturated carbocycles. The number of pyridine rings is 1. The van der Waals surface area contributed by atoms with Gasteiger partial charge in [-0.1, -0.05) is 6.07 Å². The number of anilines is 1. The Morgan fingerprint density at radius 1 is 1.67 bits per heavy atom. The first kappa shape index (κ1) is 7.85. The van der Waals surface area contributed by atoms with Crippen molar-refractivity contribution >= 4 is 18.0 Å². The lowest BCUT2D eigenvalue weighted by molar-refractivity contribution is 0.732. The first-order chi connectivity index (χ1) is 5.88. The van der Waals surface area contributed by atoms with Gasteiger partial charge in [0.05, 0.1) is 0 Å². The molecule has 1 saturated heterocycles. The topological polar surface area (TPSA) is 54.2 Å². The lowest BCUT2D eigenvalue weighted by Crippen LogP contribution is -2.36. The SMILES string of the molecule is NC1CNSN1c1ccccn1. The van der Waals surface area contributed by atoms with Crippen LogP contribution in [0.3, 0.4) is 0 Å². The molecule has 64 valence electrons. The molecular weight excluding hydrogens is 172 g/mol. The van der Waals surface area contributed by atoms with Crippen molar-refractivity contribution in [3.63, 3.8) is 0 Å². The van der Waals surface area contributed by atoms with Crippen LogP contribution in [0, 0.1) is 0 Å². The first-order valence-electron chi connectivity index (χ1n) is 3.73. The van der Waals surface area contributed by atoms with Crippen molar-refractivity contribution in [2.45, 2.75) is 6.17 Å². The number of hydrogen-bond donors (Lipinski definition) is 2. The third kappa shape index (κ3) is 1.38. The summed E-state index contributed by atoms with van der Waals surface area (Å²) < 4.78 is 5.06. The van der Waals surface area contributed by atoms with Gasteiger partial charge in [0.25, 0.3) is 0 Å². The van der Waals surface area contributed by atoms with E-state index in [1.165, 1.54) is 12.1 Å². The maximum atomic E-state index is 5.81. The van der Waals surface area contributed by atoms with Gasteiger partial charge in [-0.05, 0) is 12.1 Å². The van der Waals surface area contributed by atoms with E-state index in [2.05, 4.69) is 9.71 Å². The molecule has 0 aliphatic carbocycles. The van der Waals surface area contributed by atoms with Crippen LogP contribution < -0.4 is 14.8 Å². The van der Waals surface area contributed by atoms with Crippen LogP contribution in [-0.2, 0) is 0 Å². The summed E-state index contributed by atoms with van der Waals surface area (Å²) in [5.41, 5.74) is 5.81. The van der Waals surface area contributed by atoms with E-state index in [9.17, 15) is 0 Å². The average Bonchev–Trinajstić information content (AvgIpc) is 2.53. The number of nitrogens with two attached hydrogens (primary N) is 1. The predicted octanol–water partition coefficient (Wildman–Crippen LogP) is 0.339.